The van der Waals surface area contributed by atoms with Crippen LogP contribution in [0.5, 0.6) is 0 Å². The Balaban J connectivity index is 1.92. The number of carbonyl (C=O) groups is 4. The van der Waals surface area contributed by atoms with Crippen LogP contribution in [-0.4, -0.2) is 46.0 Å². The van der Waals surface area contributed by atoms with Gasteiger partial charge in [0.2, 0.25) is 5.91 Å². The van der Waals surface area contributed by atoms with Crippen LogP contribution in [0.2, 0.25) is 0 Å². The Hall–Kier alpha value is -4.60. The summed E-state index contributed by atoms with van der Waals surface area (Å²) in [7, 11) is 0. The Morgan fingerprint density at radius 1 is 0.919 bits per heavy atom. The SMILES string of the molecule is O=C(O)C[C@@H](NC(=O)[C@H](CCc1ccccc1)n1cccc(NC(=O)c2ccccc2)c1=O)C(=O)CF. The second-order valence-electron chi connectivity index (χ2n) is 8.25. The number of pyridine rings is 1. The quantitative estimate of drug-likeness (QED) is 0.345. The van der Waals surface area contributed by atoms with Crippen LogP contribution in [0.15, 0.2) is 83.8 Å². The van der Waals surface area contributed by atoms with Crippen LogP contribution < -0.4 is 16.2 Å². The van der Waals surface area contributed by atoms with Crippen LogP contribution >= 0.6 is 0 Å². The molecule has 0 aliphatic heterocycles. The van der Waals surface area contributed by atoms with Crippen LogP contribution in [0, 0.1) is 0 Å². The molecule has 3 rings (SSSR count). The summed E-state index contributed by atoms with van der Waals surface area (Å²) in [5.74, 6) is -3.82. The van der Waals surface area contributed by atoms with Crippen LogP contribution in [0.1, 0.15) is 34.8 Å². The summed E-state index contributed by atoms with van der Waals surface area (Å²) in [6.07, 6.45) is 1.03. The highest BCUT2D eigenvalue weighted by molar-refractivity contribution is 6.04. The molecule has 3 N–H and O–H groups in total. The Morgan fingerprint density at radius 3 is 2.19 bits per heavy atom. The number of carboxylic acid groups (broad SMARTS) is 1. The van der Waals surface area contributed by atoms with Gasteiger partial charge in [0.25, 0.3) is 11.5 Å². The summed E-state index contributed by atoms with van der Waals surface area (Å²) in [6, 6.07) is 17.5. The summed E-state index contributed by atoms with van der Waals surface area (Å²) >= 11 is 0. The van der Waals surface area contributed by atoms with Gasteiger partial charge in [0.05, 0.1) is 6.42 Å². The van der Waals surface area contributed by atoms with E-state index in [9.17, 15) is 28.4 Å². The van der Waals surface area contributed by atoms with Crippen molar-refractivity contribution in [3.63, 3.8) is 0 Å². The number of nitrogens with one attached hydrogen (secondary N) is 2. The minimum Gasteiger partial charge on any atom is -0.481 e. The van der Waals surface area contributed by atoms with E-state index >= 15 is 0 Å². The molecule has 9 nitrogen and oxygen atoms in total. The van der Waals surface area contributed by atoms with Gasteiger partial charge in [-0.2, -0.15) is 0 Å². The Bertz CT molecular complexity index is 1310. The van der Waals surface area contributed by atoms with Crippen molar-refractivity contribution < 1.29 is 28.7 Å². The number of Topliss-reactive ketones (excluding diaryl/α,β-unsaturated/α-hetero) is 1. The zero-order valence-electron chi connectivity index (χ0n) is 19.8. The van der Waals surface area contributed by atoms with E-state index in [-0.39, 0.29) is 12.1 Å². The fourth-order valence-corrected chi connectivity index (χ4v) is 3.76. The number of carbonyl (C=O) groups excluding carboxylic acids is 3. The molecule has 0 bridgehead atoms. The van der Waals surface area contributed by atoms with Crippen molar-refractivity contribution in [1.29, 1.82) is 0 Å². The van der Waals surface area contributed by atoms with E-state index in [2.05, 4.69) is 10.6 Å². The predicted octanol–water partition coefficient (Wildman–Crippen LogP) is 2.77. The third-order valence-electron chi connectivity index (χ3n) is 5.66. The van der Waals surface area contributed by atoms with Crippen molar-refractivity contribution in [2.75, 3.05) is 12.0 Å². The van der Waals surface area contributed by atoms with E-state index in [4.69, 9.17) is 5.11 Å². The fourth-order valence-electron chi connectivity index (χ4n) is 3.76. The van der Waals surface area contributed by atoms with Gasteiger partial charge in [0, 0.05) is 11.8 Å². The molecular weight excluding hydrogens is 481 g/mol. The Morgan fingerprint density at radius 2 is 1.57 bits per heavy atom. The highest BCUT2D eigenvalue weighted by atomic mass is 19.1. The first-order valence-corrected chi connectivity index (χ1v) is 11.5. The predicted molar refractivity (Wildman–Crippen MR) is 134 cm³/mol. The molecule has 0 spiro atoms. The summed E-state index contributed by atoms with van der Waals surface area (Å²) in [5, 5.41) is 13.9. The van der Waals surface area contributed by atoms with Crippen LogP contribution in [-0.2, 0) is 20.8 Å². The number of nitrogens with zero attached hydrogens (tertiary/aromatic N) is 1. The molecule has 0 aliphatic carbocycles. The third kappa shape index (κ3) is 7.44. The lowest BCUT2D eigenvalue weighted by atomic mass is 10.0. The zero-order chi connectivity index (χ0) is 26.8. The number of hydrogen-bond donors (Lipinski definition) is 3. The number of benzene rings is 2. The van der Waals surface area contributed by atoms with Crippen LogP contribution in [0.25, 0.3) is 0 Å². The molecule has 0 saturated heterocycles. The summed E-state index contributed by atoms with van der Waals surface area (Å²) in [6.45, 7) is -1.45. The molecular formula is C27H26FN3O6. The van der Waals surface area contributed by atoms with E-state index in [0.717, 1.165) is 10.1 Å². The van der Waals surface area contributed by atoms with E-state index in [1.807, 2.05) is 30.3 Å². The average molecular weight is 508 g/mol. The fraction of sp³-hybridized carbons (Fsp3) is 0.222. The second kappa shape index (κ2) is 12.9. The van der Waals surface area contributed by atoms with Crippen molar-refractivity contribution in [3.8, 4) is 0 Å². The maximum Gasteiger partial charge on any atom is 0.305 e. The van der Waals surface area contributed by atoms with Crippen molar-refractivity contribution in [1.82, 2.24) is 9.88 Å². The Kier molecular flexibility index (Phi) is 9.42. The zero-order valence-corrected chi connectivity index (χ0v) is 19.8. The minimum absolute atomic E-state index is 0.0733. The van der Waals surface area contributed by atoms with Gasteiger partial charge < -0.3 is 20.3 Å². The van der Waals surface area contributed by atoms with Crippen molar-refractivity contribution >= 4 is 29.3 Å². The van der Waals surface area contributed by atoms with Crippen molar-refractivity contribution in [3.05, 3.63) is 100 Å². The number of aliphatic carboxylic acids is 1. The summed E-state index contributed by atoms with van der Waals surface area (Å²) < 4.78 is 14.1. The molecule has 2 amide bonds. The highest BCUT2D eigenvalue weighted by Gasteiger charge is 2.29. The number of alkyl halides is 1. The number of carboxylic acids is 1. The lowest BCUT2D eigenvalue weighted by Crippen LogP contribution is -2.47. The molecule has 0 saturated carbocycles. The molecule has 0 unspecified atom stereocenters. The number of aromatic nitrogens is 1. The Labute approximate surface area is 211 Å². The monoisotopic (exact) mass is 507 g/mol. The summed E-state index contributed by atoms with van der Waals surface area (Å²) in [5.41, 5.74) is 0.461. The van der Waals surface area contributed by atoms with Crippen molar-refractivity contribution in [2.45, 2.75) is 31.3 Å². The van der Waals surface area contributed by atoms with Gasteiger partial charge in [-0.15, -0.1) is 0 Å². The van der Waals surface area contributed by atoms with Gasteiger partial charge in [-0.05, 0) is 42.7 Å². The van der Waals surface area contributed by atoms with Gasteiger partial charge in [0.15, 0.2) is 5.78 Å². The molecule has 3 aromatic rings. The molecule has 2 atom stereocenters. The molecule has 0 aliphatic rings. The third-order valence-corrected chi connectivity index (χ3v) is 5.66. The first-order chi connectivity index (χ1) is 17.8. The molecule has 37 heavy (non-hydrogen) atoms. The number of aryl methyl sites for hydroxylation is 1. The average Bonchev–Trinajstić information content (AvgIpc) is 2.90. The summed E-state index contributed by atoms with van der Waals surface area (Å²) in [4.78, 5) is 62.2. The maximum atomic E-state index is 13.3. The van der Waals surface area contributed by atoms with E-state index in [1.165, 1.54) is 18.3 Å². The van der Waals surface area contributed by atoms with Gasteiger partial charge in [-0.3, -0.25) is 24.0 Å². The van der Waals surface area contributed by atoms with E-state index in [1.54, 1.807) is 30.3 Å². The largest absolute Gasteiger partial charge is 0.481 e. The first-order valence-electron chi connectivity index (χ1n) is 11.5. The molecule has 0 fully saturated rings. The minimum atomic E-state index is -1.59. The normalized spacial score (nSPS) is 12.2. The van der Waals surface area contributed by atoms with Crippen LogP contribution in [0.3, 0.4) is 0 Å². The second-order valence-corrected chi connectivity index (χ2v) is 8.25. The molecule has 0 radical (unpaired) electrons. The topological polar surface area (TPSA) is 135 Å². The molecule has 2 aromatic carbocycles. The number of rotatable bonds is 12. The number of hydrogen-bond acceptors (Lipinski definition) is 5. The van der Waals surface area contributed by atoms with E-state index < -0.39 is 54.3 Å². The number of halogens is 1. The molecule has 1 heterocycles. The van der Waals surface area contributed by atoms with E-state index in [0.29, 0.717) is 12.0 Å². The molecule has 10 heteroatoms. The smallest absolute Gasteiger partial charge is 0.305 e. The van der Waals surface area contributed by atoms with Gasteiger partial charge in [0.1, 0.15) is 24.4 Å². The van der Waals surface area contributed by atoms with Gasteiger partial charge >= 0.3 is 5.97 Å². The highest BCUT2D eigenvalue weighted by Crippen LogP contribution is 2.17. The molecule has 1 aromatic heterocycles. The molecule has 192 valence electrons. The first kappa shape index (κ1) is 27.0. The lowest BCUT2D eigenvalue weighted by Gasteiger charge is -2.23. The number of amides is 2. The maximum absolute atomic E-state index is 13.3. The lowest BCUT2D eigenvalue weighted by molar-refractivity contribution is -0.140. The number of anilines is 1. The van der Waals surface area contributed by atoms with Gasteiger partial charge in [-0.25, -0.2) is 4.39 Å². The standard InChI is InChI=1S/C27H26FN3O6/c28-17-23(32)21(16-24(33)34)30-26(36)22(14-13-18-8-3-1-4-9-18)31-15-7-12-20(27(31)37)29-25(35)19-10-5-2-6-11-19/h1-12,15,21-22H,13-14,16-17H2,(H,29,35)(H,30,36)(H,33,34)/t21-,22+/m1/s1. The van der Waals surface area contributed by atoms with Crippen molar-refractivity contribution in [2.24, 2.45) is 0 Å². The van der Waals surface area contributed by atoms with Crippen LogP contribution in [0.4, 0.5) is 10.1 Å². The number of ketones is 1. The van der Waals surface area contributed by atoms with Gasteiger partial charge in [-0.1, -0.05) is 48.5 Å².